The Bertz CT molecular complexity index is 7840. The van der Waals surface area contributed by atoms with Crippen LogP contribution in [0.1, 0.15) is 169 Å². The Balaban J connectivity index is 0.0000000990. The molecule has 15 aromatic rings. The highest BCUT2D eigenvalue weighted by Gasteiger charge is 2.50. The first-order valence-corrected chi connectivity index (χ1v) is 50.6. The number of nitrogens with one attached hydrogen (secondary N) is 1. The van der Waals surface area contributed by atoms with Gasteiger partial charge in [-0.15, -0.1) is 0 Å². The van der Waals surface area contributed by atoms with Gasteiger partial charge in [0.1, 0.15) is 51.4 Å². The van der Waals surface area contributed by atoms with Gasteiger partial charge in [0, 0.05) is 175 Å². The number of alkyl halides is 2. The van der Waals surface area contributed by atoms with Crippen molar-refractivity contribution in [2.24, 2.45) is 28.2 Å². The number of nitriles is 1. The summed E-state index contributed by atoms with van der Waals surface area (Å²) >= 11 is 0. The number of pyridine rings is 3. The Morgan fingerprint density at radius 1 is 0.473 bits per heavy atom. The molecule has 2 aliphatic carbocycles. The molecule has 0 radical (unpaired) electrons. The summed E-state index contributed by atoms with van der Waals surface area (Å²) < 4.78 is 86.0. The topological polar surface area (TPSA) is 531 Å². The molecule has 15 aromatic heterocycles. The van der Waals surface area contributed by atoms with Gasteiger partial charge in [0.25, 0.3) is 5.92 Å². The number of fused-ring (bicyclic) bond motifs is 18. The van der Waals surface area contributed by atoms with Crippen LogP contribution in [0.25, 0.3) is 113 Å². The van der Waals surface area contributed by atoms with Crippen LogP contribution >= 0.6 is 0 Å². The van der Waals surface area contributed by atoms with E-state index in [4.69, 9.17) is 126 Å². The molecular weight excluding hydrogens is 1900 g/mol. The lowest BCUT2D eigenvalue weighted by Crippen LogP contribution is -2.53. The second-order valence-corrected chi connectivity index (χ2v) is 43.1. The summed E-state index contributed by atoms with van der Waals surface area (Å²) in [6.45, 7) is 35.9. The van der Waals surface area contributed by atoms with Crippen LogP contribution < -0.4 is 52.2 Å². The van der Waals surface area contributed by atoms with E-state index in [1.807, 2.05) is 79.9 Å². The predicted octanol–water partition coefficient (Wildman–Crippen LogP) is 12.3. The van der Waals surface area contributed by atoms with Crippen LogP contribution in [0, 0.1) is 40.3 Å². The lowest BCUT2D eigenvalue weighted by molar-refractivity contribution is -0.0532. The quantitative estimate of drug-likeness (QED) is 0.0715. The van der Waals surface area contributed by atoms with E-state index in [9.17, 15) is 18.4 Å². The van der Waals surface area contributed by atoms with Crippen molar-refractivity contribution in [2.45, 2.75) is 213 Å². The van der Waals surface area contributed by atoms with Crippen molar-refractivity contribution in [2.75, 3.05) is 139 Å². The molecule has 15 aliphatic rings. The van der Waals surface area contributed by atoms with Gasteiger partial charge < -0.3 is 99.1 Å². The van der Waals surface area contributed by atoms with Gasteiger partial charge in [-0.2, -0.15) is 5.26 Å². The fraction of sp³-hybridized carbons (Fsp3) is 0.505. The number of hydrogen-bond acceptors (Lipinski definition) is 39. The van der Waals surface area contributed by atoms with Crippen LogP contribution in [-0.2, 0) is 72.3 Å². The lowest BCUT2D eigenvalue weighted by Gasteiger charge is -2.46. The van der Waals surface area contributed by atoms with Gasteiger partial charge in [-0.3, -0.25) is 4.99 Å². The van der Waals surface area contributed by atoms with Crippen molar-refractivity contribution in [3.05, 3.63) is 103 Å². The Morgan fingerprint density at radius 2 is 0.912 bits per heavy atom. The summed E-state index contributed by atoms with van der Waals surface area (Å²) in [5.74, 6) is 9.18. The minimum atomic E-state index is -2.78. The first-order chi connectivity index (χ1) is 71.0. The summed E-state index contributed by atoms with van der Waals surface area (Å²) in [7, 11) is 0. The second-order valence-electron chi connectivity index (χ2n) is 43.1. The summed E-state index contributed by atoms with van der Waals surface area (Å²) in [5, 5.41) is 9.21. The molecule has 13 aliphatic heterocycles. The number of nitrogen functional groups attached to an aromatic ring is 4. The number of nitrogens with two attached hydrogens (primary N) is 4. The van der Waals surface area contributed by atoms with E-state index in [1.165, 1.54) is 43.7 Å². The van der Waals surface area contributed by atoms with E-state index in [1.54, 1.807) is 54.5 Å². The first kappa shape index (κ1) is 95.3. The van der Waals surface area contributed by atoms with Gasteiger partial charge in [-0.1, -0.05) is 20.8 Å². The molecule has 4 bridgehead atoms. The fourth-order valence-corrected chi connectivity index (χ4v) is 22.1. The number of H-pyrrole nitrogens is 1. The zero-order valence-electron chi connectivity index (χ0n) is 84.4. The number of rotatable bonds is 13. The molecule has 2 unspecified atom stereocenters. The van der Waals surface area contributed by atoms with E-state index >= 15 is 0 Å². The van der Waals surface area contributed by atoms with Crippen molar-refractivity contribution >= 4 is 120 Å². The van der Waals surface area contributed by atoms with E-state index in [2.05, 4.69) is 98.1 Å². The number of aliphatic imine (C=N–C) groups is 1. The standard InChI is InChI=1S/C23H29F2N7O2.C20H22FN7O.C20H19N9O.C19H24N8O.C19H21N7O/c1-5-13(2)34-15-10-14(11-27-17(15)26)18-29-19(31-7-6-23(24,25)12-31)16-20(30-18)32-8-9-33-22(3,4)21(32)28-16;1-20(2)19-24-14-17(27(19)3-4-29-20)25-16(11-7-13(21)15(22)23-8-11)26-18(14)28-9-10-5-12(28)6-10;1-20(2)19-25-14-17(28-8-11(6-21)9-28)26-15(27-18(14)29(19)3-4-30-20)12-5-13-16(22-7-12)24-10-23-13;1-18(2)9-26(10-18)14-12-15(27-5-6-28-19(3,4)16(27)23-12)25-13(24-14)11-7-21-17(20)22-8-11;20-19-21-7-11(8-22-19)17-24-15-13-1-3-27-4-2-14(13)23-16(15)18(25-17)26-9-10-5-12(26)6-10/h10-11,13H,5-9,12H2,1-4H3,(H2,26,27);7-8,10,12H,3-6,9H2,1-2H3,(H2,22,23);5,7,10-11H,3-4,8-9H2,1-2H3,(H,22,23,24);7-8H,5-6,9-10H2,1-4H3,(H2,20,21,22);7-8,10,12-13H,1-6,9H2,(H2,20,21,22). The van der Waals surface area contributed by atoms with Crippen LogP contribution in [0.2, 0.25) is 0 Å². The summed E-state index contributed by atoms with van der Waals surface area (Å²) in [4.78, 5) is 120. The predicted molar refractivity (Wildman–Crippen MR) is 545 cm³/mol. The SMILES string of the molecule is CC1(C)CN(c2nc(-c3cnc(N)nc3)nc3c2nc2n3CCOC2(C)C)C1.CC1(C)OCCn2c1nc1c(N3CC(C#N)C3)nc(-c3cnc4nc[nH]c4c3)nc12.CC1(C)OCCn2c1nc1c(N3CC4CC3C4)nc(-c3cnc(N)c(F)c3)nc12.CCC(C)Oc1cc(-c2nc(N3CCC(F)(F)C3)c3nc4n(c3n2)CCOC4(C)C)cnc1N.Nc1ncc(-c2nc3c(c(N4CC5CC4C5)n2)N=C2CCOCCC23)cn1. The maximum Gasteiger partial charge on any atom is 0.266 e. The summed E-state index contributed by atoms with van der Waals surface area (Å²) in [6, 6.07) is 8.46. The normalized spacial score (nSPS) is 22.1. The molecule has 2 saturated carbocycles. The number of hydrogen-bond donors (Lipinski definition) is 5. The van der Waals surface area contributed by atoms with Crippen LogP contribution in [0.3, 0.4) is 0 Å². The maximum absolute atomic E-state index is 14.1. The first-order valence-electron chi connectivity index (χ1n) is 50.6. The summed E-state index contributed by atoms with van der Waals surface area (Å²) in [5.41, 5.74) is 35.0. The molecule has 10 fully saturated rings. The molecule has 9 N–H and O–H groups in total. The van der Waals surface area contributed by atoms with Gasteiger partial charge in [-0.05, 0) is 136 Å². The highest BCUT2D eigenvalue weighted by Crippen LogP contribution is 2.53. The molecule has 148 heavy (non-hydrogen) atoms. The van der Waals surface area contributed by atoms with Crippen molar-refractivity contribution < 1.29 is 41.6 Å². The molecule has 28 heterocycles. The zero-order chi connectivity index (χ0) is 102. The number of halogens is 3. The number of aromatic amines is 1. The molecule has 0 aromatic carbocycles. The summed E-state index contributed by atoms with van der Waals surface area (Å²) in [6.07, 6.45) is 20.4. The number of aromatic nitrogens is 27. The number of imidazole rings is 5. The number of ether oxygens (including phenoxy) is 6. The molecule has 30 rings (SSSR count). The number of nitrogens with zero attached hydrogens (tertiary/aromatic N) is 33. The average molecular weight is 2010 g/mol. The van der Waals surface area contributed by atoms with Crippen LogP contribution in [0.5, 0.6) is 5.75 Å². The fourth-order valence-electron chi connectivity index (χ4n) is 22.1. The number of anilines is 9. The minimum Gasteiger partial charge on any atom is -0.487 e. The van der Waals surface area contributed by atoms with Crippen molar-refractivity contribution in [1.29, 1.82) is 5.26 Å². The van der Waals surface area contributed by atoms with Gasteiger partial charge in [-0.25, -0.2) is 123 Å². The van der Waals surface area contributed by atoms with Crippen molar-refractivity contribution in [3.63, 3.8) is 0 Å². The monoisotopic (exact) mass is 2010 g/mol. The van der Waals surface area contributed by atoms with E-state index in [0.29, 0.717) is 146 Å². The van der Waals surface area contributed by atoms with E-state index < -0.39 is 40.7 Å². The molecule has 44 nitrogen and oxygen atoms in total. The third-order valence-corrected chi connectivity index (χ3v) is 30.2. The smallest absolute Gasteiger partial charge is 0.266 e. The Hall–Kier alpha value is -14.9. The maximum atomic E-state index is 14.1. The highest BCUT2D eigenvalue weighted by molar-refractivity contribution is 6.00. The average Bonchev–Trinajstić information content (AvgIpc) is 1.58. The molecule has 2 atom stereocenters. The largest absolute Gasteiger partial charge is 0.487 e. The Morgan fingerprint density at radius 3 is 1.39 bits per heavy atom. The van der Waals surface area contributed by atoms with Gasteiger partial charge in [0.2, 0.25) is 11.9 Å². The lowest BCUT2D eigenvalue weighted by atomic mass is 9.84. The minimum absolute atomic E-state index is 0.0125. The van der Waals surface area contributed by atoms with Crippen LogP contribution in [0.15, 0.2) is 72.9 Å². The molecular formula is C101H115F3N38O6. The third-order valence-electron chi connectivity index (χ3n) is 30.2. The van der Waals surface area contributed by atoms with Crippen LogP contribution in [-0.4, -0.2) is 255 Å². The molecule has 0 spiro atoms. The zero-order valence-corrected chi connectivity index (χ0v) is 84.4. The third kappa shape index (κ3) is 17.2. The molecule has 766 valence electrons. The Labute approximate surface area is 847 Å². The van der Waals surface area contributed by atoms with E-state index in [0.717, 1.165) is 185 Å². The Kier molecular flexibility index (Phi) is 23.2. The van der Waals surface area contributed by atoms with Crippen LogP contribution in [0.4, 0.5) is 71.5 Å². The molecule has 0 amide bonds. The highest BCUT2D eigenvalue weighted by atomic mass is 19.3. The van der Waals surface area contributed by atoms with E-state index in [-0.39, 0.29) is 59.9 Å². The molecule has 47 heteroatoms. The van der Waals surface area contributed by atoms with Crippen molar-refractivity contribution in [1.82, 2.24) is 133 Å². The van der Waals surface area contributed by atoms with Crippen molar-refractivity contribution in [3.8, 4) is 68.8 Å². The van der Waals surface area contributed by atoms with Gasteiger partial charge in [0.05, 0.1) is 86.3 Å². The van der Waals surface area contributed by atoms with Gasteiger partial charge >= 0.3 is 0 Å². The molecule has 8 saturated heterocycles. The second kappa shape index (κ2) is 36.0. The van der Waals surface area contributed by atoms with Gasteiger partial charge in [0.15, 0.2) is 132 Å².